The van der Waals surface area contributed by atoms with Gasteiger partial charge in [0.1, 0.15) is 5.69 Å². The molecule has 0 N–H and O–H groups in total. The van der Waals surface area contributed by atoms with Gasteiger partial charge >= 0.3 is 0 Å². The second-order valence-electron chi connectivity index (χ2n) is 8.82. The van der Waals surface area contributed by atoms with E-state index in [1.54, 1.807) is 17.9 Å². The largest absolute Gasteiger partial charge is 0.355 e. The highest BCUT2D eigenvalue weighted by Gasteiger charge is 2.37. The Kier molecular flexibility index (Phi) is 7.80. The number of nitrogens with zero attached hydrogens (tertiary/aromatic N) is 3. The van der Waals surface area contributed by atoms with Gasteiger partial charge in [0, 0.05) is 26.2 Å². The van der Waals surface area contributed by atoms with Gasteiger partial charge in [-0.1, -0.05) is 28.9 Å². The van der Waals surface area contributed by atoms with Crippen LogP contribution in [-0.2, 0) is 14.8 Å². The van der Waals surface area contributed by atoms with Crippen molar-refractivity contribution in [3.05, 3.63) is 45.8 Å². The molecule has 33 heavy (non-hydrogen) atoms. The van der Waals surface area contributed by atoms with E-state index in [9.17, 15) is 13.2 Å². The molecule has 1 fully saturated rings. The van der Waals surface area contributed by atoms with Crippen molar-refractivity contribution >= 4 is 28.1 Å². The minimum atomic E-state index is -3.86. The summed E-state index contributed by atoms with van der Waals surface area (Å²) in [4.78, 5) is 14.7. The smallest absolute Gasteiger partial charge is 0.248 e. The van der Waals surface area contributed by atoms with Gasteiger partial charge < -0.3 is 9.42 Å². The van der Waals surface area contributed by atoms with Crippen LogP contribution < -0.4 is 0 Å². The van der Waals surface area contributed by atoms with E-state index < -0.39 is 10.0 Å². The van der Waals surface area contributed by atoms with E-state index in [2.05, 4.69) is 24.2 Å². The van der Waals surface area contributed by atoms with Crippen LogP contribution in [0.15, 0.2) is 21.6 Å². The lowest BCUT2D eigenvalue weighted by atomic mass is 9.98. The Morgan fingerprint density at radius 3 is 2.39 bits per heavy atom. The van der Waals surface area contributed by atoms with Crippen LogP contribution in [0.3, 0.4) is 0 Å². The lowest BCUT2D eigenvalue weighted by molar-refractivity contribution is -0.136. The highest BCUT2D eigenvalue weighted by molar-refractivity contribution is 7.89. The van der Waals surface area contributed by atoms with Crippen molar-refractivity contribution in [2.75, 3.05) is 26.2 Å². The van der Waals surface area contributed by atoms with Gasteiger partial charge in [-0.05, 0) is 77.2 Å². The summed E-state index contributed by atoms with van der Waals surface area (Å²) >= 11 is 0. The SMILES string of the molecule is CCN(CC)C(=O)C1CCCN(S(=O)(=O)c2c(C)noc2/C=C/c2c(C)cc(C)cc2C)C1. The molecule has 1 aromatic heterocycles. The Balaban J connectivity index is 1.91. The molecule has 1 atom stereocenters. The molecule has 2 heterocycles. The molecule has 3 rings (SSSR count). The number of piperidine rings is 1. The van der Waals surface area contributed by atoms with E-state index in [4.69, 9.17) is 4.52 Å². The summed E-state index contributed by atoms with van der Waals surface area (Å²) in [5.74, 6) is -0.0955. The predicted octanol–water partition coefficient (Wildman–Crippen LogP) is 4.35. The number of sulfonamides is 1. The van der Waals surface area contributed by atoms with Crippen LogP contribution >= 0.6 is 0 Å². The highest BCUT2D eigenvalue weighted by atomic mass is 32.2. The molecule has 1 saturated heterocycles. The van der Waals surface area contributed by atoms with E-state index >= 15 is 0 Å². The number of aryl methyl sites for hydroxylation is 4. The average Bonchev–Trinajstić information content (AvgIpc) is 3.15. The third-order valence-electron chi connectivity index (χ3n) is 6.38. The molecule has 1 unspecified atom stereocenters. The maximum absolute atomic E-state index is 13.6. The first kappa shape index (κ1) is 25.2. The topological polar surface area (TPSA) is 83.7 Å². The Labute approximate surface area is 197 Å². The zero-order valence-corrected chi connectivity index (χ0v) is 21.3. The standard InChI is InChI=1S/C25H35N3O4S/c1-7-27(8-2)25(29)21-10-9-13-28(16-21)33(30,31)24-20(6)26-32-23(24)12-11-22-18(4)14-17(3)15-19(22)5/h11-12,14-15,21H,7-10,13,16H2,1-6H3/b12-11+. The molecule has 0 radical (unpaired) electrons. The van der Waals surface area contributed by atoms with Crippen LogP contribution in [0.5, 0.6) is 0 Å². The molecule has 2 aromatic rings. The van der Waals surface area contributed by atoms with Gasteiger partial charge in [-0.25, -0.2) is 8.42 Å². The number of amides is 1. The molecule has 1 aromatic carbocycles. The van der Waals surface area contributed by atoms with Crippen molar-refractivity contribution in [3.63, 3.8) is 0 Å². The van der Waals surface area contributed by atoms with E-state index in [0.717, 1.165) is 16.7 Å². The minimum absolute atomic E-state index is 0.0207. The first-order valence-electron chi connectivity index (χ1n) is 11.6. The fourth-order valence-electron chi connectivity index (χ4n) is 4.70. The molecule has 0 aliphatic carbocycles. The zero-order valence-electron chi connectivity index (χ0n) is 20.5. The number of hydrogen-bond donors (Lipinski definition) is 0. The summed E-state index contributed by atoms with van der Waals surface area (Å²) in [6.45, 7) is 13.4. The molecular weight excluding hydrogens is 438 g/mol. The first-order chi connectivity index (χ1) is 15.6. The van der Waals surface area contributed by atoms with Gasteiger partial charge in [0.25, 0.3) is 0 Å². The Hall–Kier alpha value is -2.45. The number of carbonyl (C=O) groups excluding carboxylic acids is 1. The molecule has 0 saturated carbocycles. The molecule has 1 aliphatic rings. The van der Waals surface area contributed by atoms with Gasteiger partial charge in [-0.3, -0.25) is 4.79 Å². The van der Waals surface area contributed by atoms with Crippen LogP contribution in [0.1, 0.15) is 60.4 Å². The first-order valence-corrected chi connectivity index (χ1v) is 13.0. The molecule has 1 amide bonds. The molecule has 180 valence electrons. The van der Waals surface area contributed by atoms with Crippen LogP contribution in [-0.4, -0.2) is 54.9 Å². The normalized spacial score (nSPS) is 17.6. The van der Waals surface area contributed by atoms with Gasteiger partial charge in [0.2, 0.25) is 15.9 Å². The van der Waals surface area contributed by atoms with Crippen molar-refractivity contribution in [1.29, 1.82) is 0 Å². The van der Waals surface area contributed by atoms with Crippen molar-refractivity contribution in [1.82, 2.24) is 14.4 Å². The van der Waals surface area contributed by atoms with Gasteiger partial charge in [0.15, 0.2) is 10.7 Å². The fourth-order valence-corrected chi connectivity index (χ4v) is 6.47. The van der Waals surface area contributed by atoms with Gasteiger partial charge in [-0.2, -0.15) is 4.31 Å². The molecule has 8 heteroatoms. The number of hydrogen-bond acceptors (Lipinski definition) is 5. The number of rotatable bonds is 7. The third kappa shape index (κ3) is 5.22. The third-order valence-corrected chi connectivity index (χ3v) is 8.40. The van der Waals surface area contributed by atoms with Gasteiger partial charge in [0.05, 0.1) is 5.92 Å². The summed E-state index contributed by atoms with van der Waals surface area (Å²) in [5.41, 5.74) is 4.75. The van der Waals surface area contributed by atoms with Crippen LogP contribution in [0.2, 0.25) is 0 Å². The molecule has 0 bridgehead atoms. The van der Waals surface area contributed by atoms with Gasteiger partial charge in [-0.15, -0.1) is 0 Å². The van der Waals surface area contributed by atoms with Crippen LogP contribution in [0.4, 0.5) is 0 Å². The van der Waals surface area contributed by atoms with Crippen molar-refractivity contribution in [2.24, 2.45) is 5.92 Å². The van der Waals surface area contributed by atoms with E-state index in [1.165, 1.54) is 9.87 Å². The Bertz CT molecular complexity index is 1120. The zero-order chi connectivity index (χ0) is 24.3. The molecule has 0 spiro atoms. The van der Waals surface area contributed by atoms with Crippen LogP contribution in [0.25, 0.3) is 12.2 Å². The number of benzene rings is 1. The Morgan fingerprint density at radius 2 is 1.79 bits per heavy atom. The average molecular weight is 474 g/mol. The molecule has 7 nitrogen and oxygen atoms in total. The van der Waals surface area contributed by atoms with Crippen LogP contribution in [0, 0.1) is 33.6 Å². The van der Waals surface area contributed by atoms with Crippen molar-refractivity contribution in [3.8, 4) is 0 Å². The monoisotopic (exact) mass is 473 g/mol. The summed E-state index contributed by atoms with van der Waals surface area (Å²) in [6.07, 6.45) is 4.91. The predicted molar refractivity (Wildman–Crippen MR) is 130 cm³/mol. The summed E-state index contributed by atoms with van der Waals surface area (Å²) in [7, 11) is -3.86. The van der Waals surface area contributed by atoms with E-state index in [1.807, 2.05) is 33.8 Å². The van der Waals surface area contributed by atoms with E-state index in [-0.39, 0.29) is 29.0 Å². The second kappa shape index (κ2) is 10.2. The second-order valence-corrected chi connectivity index (χ2v) is 10.7. The lowest BCUT2D eigenvalue weighted by Gasteiger charge is -2.33. The van der Waals surface area contributed by atoms with Crippen molar-refractivity contribution in [2.45, 2.75) is 59.3 Å². The fraction of sp³-hybridized carbons (Fsp3) is 0.520. The highest BCUT2D eigenvalue weighted by Crippen LogP contribution is 2.30. The van der Waals surface area contributed by atoms with E-state index in [0.29, 0.717) is 38.2 Å². The minimum Gasteiger partial charge on any atom is -0.355 e. The molecule has 1 aliphatic heterocycles. The van der Waals surface area contributed by atoms with Crippen molar-refractivity contribution < 1.29 is 17.7 Å². The molecular formula is C25H35N3O4S. The maximum Gasteiger partial charge on any atom is 0.248 e. The number of aromatic nitrogens is 1. The maximum atomic E-state index is 13.6. The quantitative estimate of drug-likeness (QED) is 0.597. The summed E-state index contributed by atoms with van der Waals surface area (Å²) in [6, 6.07) is 4.19. The number of carbonyl (C=O) groups is 1. The summed E-state index contributed by atoms with van der Waals surface area (Å²) in [5, 5.41) is 3.95. The summed E-state index contributed by atoms with van der Waals surface area (Å²) < 4.78 is 34.1. The Morgan fingerprint density at radius 1 is 1.15 bits per heavy atom. The lowest BCUT2D eigenvalue weighted by Crippen LogP contribution is -2.46.